The zero-order chi connectivity index (χ0) is 12.1. The van der Waals surface area contributed by atoms with Crippen LogP contribution >= 0.6 is 0 Å². The van der Waals surface area contributed by atoms with Gasteiger partial charge in [0.25, 0.3) is 0 Å². The summed E-state index contributed by atoms with van der Waals surface area (Å²) >= 11 is 0. The van der Waals surface area contributed by atoms with E-state index in [1.807, 2.05) is 19.3 Å². The van der Waals surface area contributed by atoms with Crippen LogP contribution in [-0.4, -0.2) is 41.4 Å². The second kappa shape index (κ2) is 5.93. The average molecular weight is 237 g/mol. The van der Waals surface area contributed by atoms with Gasteiger partial charge in [-0.3, -0.25) is 9.48 Å². The van der Waals surface area contributed by atoms with Gasteiger partial charge in [0.1, 0.15) is 6.61 Å². The Morgan fingerprint density at radius 3 is 3.00 bits per heavy atom. The van der Waals surface area contributed by atoms with Crippen molar-refractivity contribution >= 4 is 5.78 Å². The van der Waals surface area contributed by atoms with Crippen molar-refractivity contribution in [1.29, 1.82) is 0 Å². The number of nitrogens with one attached hydrogen (secondary N) is 1. The molecule has 94 valence electrons. The average Bonchev–Trinajstić information content (AvgIpc) is 2.73. The molecule has 5 nitrogen and oxygen atoms in total. The first-order chi connectivity index (χ1) is 8.24. The Bertz CT molecular complexity index is 370. The van der Waals surface area contributed by atoms with E-state index in [0.717, 1.165) is 31.6 Å². The van der Waals surface area contributed by atoms with Crippen molar-refractivity contribution < 1.29 is 9.53 Å². The number of ketones is 1. The van der Waals surface area contributed by atoms with Gasteiger partial charge in [0.05, 0.1) is 18.2 Å². The van der Waals surface area contributed by atoms with Crippen LogP contribution in [0.1, 0.15) is 18.5 Å². The number of piperidine rings is 1. The first-order valence-corrected chi connectivity index (χ1v) is 6.06. The molecule has 0 aromatic carbocycles. The first kappa shape index (κ1) is 12.3. The third-order valence-corrected chi connectivity index (χ3v) is 2.91. The van der Waals surface area contributed by atoms with Gasteiger partial charge in [-0.05, 0) is 32.0 Å². The molecule has 0 bridgehead atoms. The van der Waals surface area contributed by atoms with Crippen LogP contribution in [0.25, 0.3) is 0 Å². The second-order valence-electron chi connectivity index (χ2n) is 4.46. The van der Waals surface area contributed by atoms with Gasteiger partial charge < -0.3 is 10.1 Å². The predicted octanol–water partition coefficient (Wildman–Crippen LogP) is 0.300. The number of nitrogens with zero attached hydrogens (tertiary/aromatic N) is 2. The summed E-state index contributed by atoms with van der Waals surface area (Å²) in [5.74, 6) is 0.0993. The minimum Gasteiger partial charge on any atom is -0.370 e. The Labute approximate surface area is 101 Å². The quantitative estimate of drug-likeness (QED) is 0.800. The van der Waals surface area contributed by atoms with E-state index in [-0.39, 0.29) is 18.5 Å². The Morgan fingerprint density at radius 2 is 2.35 bits per heavy atom. The summed E-state index contributed by atoms with van der Waals surface area (Å²) in [5, 5.41) is 7.44. The maximum Gasteiger partial charge on any atom is 0.164 e. The van der Waals surface area contributed by atoms with E-state index in [1.165, 1.54) is 0 Å². The maximum atomic E-state index is 11.7. The van der Waals surface area contributed by atoms with Crippen molar-refractivity contribution in [2.45, 2.75) is 25.4 Å². The van der Waals surface area contributed by atoms with E-state index >= 15 is 0 Å². The van der Waals surface area contributed by atoms with Crippen LogP contribution in [0.4, 0.5) is 0 Å². The summed E-state index contributed by atoms with van der Waals surface area (Å²) in [6, 6.07) is 1.86. The van der Waals surface area contributed by atoms with Crippen molar-refractivity contribution in [2.24, 2.45) is 7.05 Å². The molecule has 1 aliphatic heterocycles. The summed E-state index contributed by atoms with van der Waals surface area (Å²) in [5.41, 5.74) is 0.811. The molecule has 17 heavy (non-hydrogen) atoms. The molecule has 5 heteroatoms. The van der Waals surface area contributed by atoms with Gasteiger partial charge >= 0.3 is 0 Å². The minimum absolute atomic E-state index is 0.0993. The van der Waals surface area contributed by atoms with Gasteiger partial charge in [-0.2, -0.15) is 5.10 Å². The van der Waals surface area contributed by atoms with Gasteiger partial charge in [-0.1, -0.05) is 0 Å². The molecule has 1 saturated heterocycles. The summed E-state index contributed by atoms with van der Waals surface area (Å²) in [4.78, 5) is 11.7. The fourth-order valence-electron chi connectivity index (χ4n) is 1.98. The molecular weight excluding hydrogens is 218 g/mol. The molecule has 0 amide bonds. The van der Waals surface area contributed by atoms with E-state index < -0.39 is 0 Å². The fraction of sp³-hybridized carbons (Fsp3) is 0.667. The highest BCUT2D eigenvalue weighted by Crippen LogP contribution is 2.07. The highest BCUT2D eigenvalue weighted by atomic mass is 16.5. The van der Waals surface area contributed by atoms with Crippen molar-refractivity contribution in [3.05, 3.63) is 18.0 Å². The van der Waals surface area contributed by atoms with E-state index in [0.29, 0.717) is 6.42 Å². The molecule has 0 spiro atoms. The van der Waals surface area contributed by atoms with Crippen molar-refractivity contribution in [3.8, 4) is 0 Å². The van der Waals surface area contributed by atoms with E-state index in [4.69, 9.17) is 4.74 Å². The third-order valence-electron chi connectivity index (χ3n) is 2.91. The highest BCUT2D eigenvalue weighted by Gasteiger charge is 2.15. The van der Waals surface area contributed by atoms with Gasteiger partial charge in [0, 0.05) is 13.2 Å². The number of rotatable bonds is 5. The number of aromatic nitrogens is 2. The summed E-state index contributed by atoms with van der Waals surface area (Å²) in [6.45, 7) is 2.18. The number of carbonyl (C=O) groups excluding carboxylic acids is 1. The lowest BCUT2D eigenvalue weighted by Gasteiger charge is -2.22. The Hall–Kier alpha value is -1.20. The standard InChI is InChI=1S/C12H19N3O2/c1-15-7-4-10(14-15)8-11(16)9-17-12-2-5-13-6-3-12/h4,7,12-13H,2-3,5-6,8-9H2,1H3. The lowest BCUT2D eigenvalue weighted by atomic mass is 10.1. The lowest BCUT2D eigenvalue weighted by molar-refractivity contribution is -0.125. The zero-order valence-corrected chi connectivity index (χ0v) is 10.2. The van der Waals surface area contributed by atoms with Crippen molar-refractivity contribution in [2.75, 3.05) is 19.7 Å². The molecule has 2 rings (SSSR count). The van der Waals surface area contributed by atoms with E-state index in [2.05, 4.69) is 10.4 Å². The first-order valence-electron chi connectivity index (χ1n) is 6.06. The van der Waals surface area contributed by atoms with Crippen LogP contribution in [0.2, 0.25) is 0 Å². The van der Waals surface area contributed by atoms with Crippen LogP contribution in [0.3, 0.4) is 0 Å². The zero-order valence-electron chi connectivity index (χ0n) is 10.2. The molecule has 0 unspecified atom stereocenters. The lowest BCUT2D eigenvalue weighted by Crippen LogP contribution is -2.33. The number of hydrogen-bond acceptors (Lipinski definition) is 4. The van der Waals surface area contributed by atoms with Crippen molar-refractivity contribution in [1.82, 2.24) is 15.1 Å². The van der Waals surface area contributed by atoms with Crippen LogP contribution in [0.5, 0.6) is 0 Å². The van der Waals surface area contributed by atoms with Crippen LogP contribution < -0.4 is 5.32 Å². The van der Waals surface area contributed by atoms with Crippen molar-refractivity contribution in [3.63, 3.8) is 0 Å². The third kappa shape index (κ3) is 3.94. The minimum atomic E-state index is 0.0993. The molecule has 1 fully saturated rings. The van der Waals surface area contributed by atoms with Crippen LogP contribution in [0, 0.1) is 0 Å². The van der Waals surface area contributed by atoms with Gasteiger partial charge in [-0.15, -0.1) is 0 Å². The number of carbonyl (C=O) groups is 1. The Balaban J connectivity index is 1.70. The summed E-state index contributed by atoms with van der Waals surface area (Å²) in [7, 11) is 1.85. The molecule has 0 radical (unpaired) electrons. The van der Waals surface area contributed by atoms with Gasteiger partial charge in [-0.25, -0.2) is 0 Å². The number of hydrogen-bond donors (Lipinski definition) is 1. The molecule has 0 aliphatic carbocycles. The highest BCUT2D eigenvalue weighted by molar-refractivity contribution is 5.81. The fourth-order valence-corrected chi connectivity index (χ4v) is 1.98. The maximum absolute atomic E-state index is 11.7. The second-order valence-corrected chi connectivity index (χ2v) is 4.46. The molecule has 1 aromatic heterocycles. The topological polar surface area (TPSA) is 56.1 Å². The molecule has 0 saturated carbocycles. The molecule has 2 heterocycles. The monoisotopic (exact) mass is 237 g/mol. The van der Waals surface area contributed by atoms with Gasteiger partial charge in [0.2, 0.25) is 0 Å². The summed E-state index contributed by atoms with van der Waals surface area (Å²) in [6.07, 6.45) is 4.44. The molecule has 1 aromatic rings. The van der Waals surface area contributed by atoms with Crippen LogP contribution in [0.15, 0.2) is 12.3 Å². The molecule has 1 aliphatic rings. The van der Waals surface area contributed by atoms with E-state index in [9.17, 15) is 4.79 Å². The molecule has 0 atom stereocenters. The molecular formula is C12H19N3O2. The number of ether oxygens (including phenoxy) is 1. The van der Waals surface area contributed by atoms with Crippen LogP contribution in [-0.2, 0) is 23.0 Å². The number of aryl methyl sites for hydroxylation is 1. The Kier molecular flexibility index (Phi) is 4.28. The largest absolute Gasteiger partial charge is 0.370 e. The smallest absolute Gasteiger partial charge is 0.164 e. The van der Waals surface area contributed by atoms with Gasteiger partial charge in [0.15, 0.2) is 5.78 Å². The number of Topliss-reactive ketones (excluding diaryl/α,β-unsaturated/α-hetero) is 1. The predicted molar refractivity (Wildman–Crippen MR) is 63.8 cm³/mol. The summed E-state index contributed by atoms with van der Waals surface area (Å²) < 4.78 is 7.30. The van der Waals surface area contributed by atoms with E-state index in [1.54, 1.807) is 4.68 Å². The molecule has 1 N–H and O–H groups in total. The normalized spacial score (nSPS) is 17.2. The SMILES string of the molecule is Cn1ccc(CC(=O)COC2CCNCC2)n1. The Morgan fingerprint density at radius 1 is 1.59 bits per heavy atom.